The van der Waals surface area contributed by atoms with Crippen LogP contribution in [0.2, 0.25) is 0 Å². The van der Waals surface area contributed by atoms with Gasteiger partial charge in [0.1, 0.15) is 11.6 Å². The fourth-order valence-electron chi connectivity index (χ4n) is 3.51. The van der Waals surface area contributed by atoms with E-state index in [0.29, 0.717) is 31.6 Å². The van der Waals surface area contributed by atoms with Gasteiger partial charge in [0.2, 0.25) is 5.91 Å². The summed E-state index contributed by atoms with van der Waals surface area (Å²) < 4.78 is 0. The molecular weight excluding hydrogens is 302 g/mol. The predicted molar refractivity (Wildman–Crippen MR) is 92.3 cm³/mol. The third kappa shape index (κ3) is 3.30. The van der Waals surface area contributed by atoms with Crippen molar-refractivity contribution in [3.05, 3.63) is 35.8 Å². The Bertz CT molecular complexity index is 787. The van der Waals surface area contributed by atoms with E-state index in [0.717, 1.165) is 16.6 Å². The molecule has 0 bridgehead atoms. The van der Waals surface area contributed by atoms with Crippen molar-refractivity contribution in [2.45, 2.75) is 39.7 Å². The lowest BCUT2D eigenvalue weighted by Crippen LogP contribution is -2.38. The Kier molecular flexibility index (Phi) is 4.60. The Morgan fingerprint density at radius 1 is 1.29 bits per heavy atom. The number of carbonyl (C=O) groups excluding carboxylic acids is 2. The van der Waals surface area contributed by atoms with Crippen LogP contribution in [-0.2, 0) is 16.1 Å². The van der Waals surface area contributed by atoms with Crippen LogP contribution in [0.1, 0.15) is 37.7 Å². The summed E-state index contributed by atoms with van der Waals surface area (Å²) in [7, 11) is 1.79. The average molecular weight is 325 g/mol. The standard InChI is InChI=1S/C19H23N3O2/c1-12-10-14(23)8-9-15(12)19(24)22(3)11-18-20-13(2)16-6-4-5-7-17(16)21-18/h4-7,12,15H,8-11H2,1-3H3. The van der Waals surface area contributed by atoms with Crippen molar-refractivity contribution in [3.63, 3.8) is 0 Å². The largest absolute Gasteiger partial charge is 0.338 e. The number of hydrogen-bond donors (Lipinski definition) is 0. The van der Waals surface area contributed by atoms with Gasteiger partial charge >= 0.3 is 0 Å². The van der Waals surface area contributed by atoms with Gasteiger partial charge in [-0.1, -0.05) is 25.1 Å². The van der Waals surface area contributed by atoms with E-state index in [9.17, 15) is 9.59 Å². The summed E-state index contributed by atoms with van der Waals surface area (Å²) in [6.07, 6.45) is 1.68. The molecule has 24 heavy (non-hydrogen) atoms. The second-order valence-corrected chi connectivity index (χ2v) is 6.80. The third-order valence-corrected chi connectivity index (χ3v) is 4.88. The van der Waals surface area contributed by atoms with Crippen molar-refractivity contribution in [2.75, 3.05) is 7.05 Å². The molecule has 2 aromatic rings. The summed E-state index contributed by atoms with van der Waals surface area (Å²) in [5.74, 6) is 1.04. The fraction of sp³-hybridized carbons (Fsp3) is 0.474. The molecule has 1 saturated carbocycles. The number of aryl methyl sites for hydroxylation is 1. The maximum absolute atomic E-state index is 12.7. The molecule has 1 amide bonds. The quantitative estimate of drug-likeness (QED) is 0.870. The van der Waals surface area contributed by atoms with Gasteiger partial charge in [-0.2, -0.15) is 0 Å². The maximum Gasteiger partial charge on any atom is 0.226 e. The first-order chi connectivity index (χ1) is 11.5. The summed E-state index contributed by atoms with van der Waals surface area (Å²) in [4.78, 5) is 35.1. The number of nitrogens with zero attached hydrogens (tertiary/aromatic N) is 3. The highest BCUT2D eigenvalue weighted by Crippen LogP contribution is 2.29. The Morgan fingerprint density at radius 3 is 2.79 bits per heavy atom. The lowest BCUT2D eigenvalue weighted by atomic mass is 9.79. The minimum Gasteiger partial charge on any atom is -0.338 e. The molecule has 1 fully saturated rings. The first-order valence-corrected chi connectivity index (χ1v) is 8.44. The van der Waals surface area contributed by atoms with Gasteiger partial charge in [0.15, 0.2) is 0 Å². The minimum absolute atomic E-state index is 0.0748. The van der Waals surface area contributed by atoms with Gasteiger partial charge in [0, 0.05) is 36.9 Å². The SMILES string of the molecule is Cc1nc(CN(C)C(=O)C2CCC(=O)CC2C)nc2ccccc12. The molecule has 1 aromatic carbocycles. The maximum atomic E-state index is 12.7. The van der Waals surface area contributed by atoms with Crippen LogP contribution >= 0.6 is 0 Å². The van der Waals surface area contributed by atoms with E-state index >= 15 is 0 Å². The van der Waals surface area contributed by atoms with E-state index in [1.807, 2.05) is 38.1 Å². The van der Waals surface area contributed by atoms with Gasteiger partial charge in [-0.25, -0.2) is 9.97 Å². The molecule has 5 heteroatoms. The van der Waals surface area contributed by atoms with Crippen LogP contribution in [0.15, 0.2) is 24.3 Å². The van der Waals surface area contributed by atoms with Gasteiger partial charge in [-0.05, 0) is 25.3 Å². The zero-order valence-corrected chi connectivity index (χ0v) is 14.5. The van der Waals surface area contributed by atoms with E-state index in [1.165, 1.54) is 0 Å². The van der Waals surface area contributed by atoms with E-state index in [-0.39, 0.29) is 23.5 Å². The lowest BCUT2D eigenvalue weighted by molar-refractivity contribution is -0.139. The molecule has 0 saturated heterocycles. The van der Waals surface area contributed by atoms with Crippen molar-refractivity contribution in [3.8, 4) is 0 Å². The highest BCUT2D eigenvalue weighted by Gasteiger charge is 2.33. The topological polar surface area (TPSA) is 63.2 Å². The van der Waals surface area contributed by atoms with E-state index in [2.05, 4.69) is 9.97 Å². The zero-order chi connectivity index (χ0) is 17.3. The van der Waals surface area contributed by atoms with Gasteiger partial charge in [-0.15, -0.1) is 0 Å². The summed E-state index contributed by atoms with van der Waals surface area (Å²) in [6.45, 7) is 4.34. The number of fused-ring (bicyclic) bond motifs is 1. The normalized spacial score (nSPS) is 21.0. The highest BCUT2D eigenvalue weighted by molar-refractivity contribution is 5.85. The van der Waals surface area contributed by atoms with E-state index < -0.39 is 0 Å². The Morgan fingerprint density at radius 2 is 2.04 bits per heavy atom. The Hall–Kier alpha value is -2.30. The summed E-state index contributed by atoms with van der Waals surface area (Å²) in [5.41, 5.74) is 1.82. The average Bonchev–Trinajstić information content (AvgIpc) is 2.54. The molecule has 1 aromatic heterocycles. The third-order valence-electron chi connectivity index (χ3n) is 4.88. The van der Waals surface area contributed by atoms with Gasteiger partial charge in [-0.3, -0.25) is 9.59 Å². The van der Waals surface area contributed by atoms with Crippen molar-refractivity contribution in [1.82, 2.24) is 14.9 Å². The van der Waals surface area contributed by atoms with E-state index in [4.69, 9.17) is 0 Å². The number of rotatable bonds is 3. The van der Waals surface area contributed by atoms with Gasteiger partial charge in [0.05, 0.1) is 12.1 Å². The Labute approximate surface area is 142 Å². The predicted octanol–water partition coefficient (Wildman–Crippen LogP) is 2.90. The van der Waals surface area contributed by atoms with Crippen LogP contribution in [0.25, 0.3) is 10.9 Å². The number of hydrogen-bond acceptors (Lipinski definition) is 4. The van der Waals surface area contributed by atoms with Gasteiger partial charge in [0.25, 0.3) is 0 Å². The number of Topliss-reactive ketones (excluding diaryl/α,β-unsaturated/α-hetero) is 1. The summed E-state index contributed by atoms with van der Waals surface area (Å²) in [5, 5.41) is 1.04. The van der Waals surface area contributed by atoms with Crippen molar-refractivity contribution < 1.29 is 9.59 Å². The van der Waals surface area contributed by atoms with Crippen LogP contribution < -0.4 is 0 Å². The smallest absolute Gasteiger partial charge is 0.226 e. The van der Waals surface area contributed by atoms with Crippen LogP contribution in [-0.4, -0.2) is 33.6 Å². The second-order valence-electron chi connectivity index (χ2n) is 6.80. The first kappa shape index (κ1) is 16.6. The van der Waals surface area contributed by atoms with Crippen LogP contribution in [0.5, 0.6) is 0 Å². The molecule has 1 heterocycles. The second kappa shape index (κ2) is 6.67. The molecule has 3 rings (SSSR count). The van der Waals surface area contributed by atoms with Crippen molar-refractivity contribution in [2.24, 2.45) is 11.8 Å². The molecular formula is C19H23N3O2. The Balaban J connectivity index is 1.75. The van der Waals surface area contributed by atoms with Gasteiger partial charge < -0.3 is 4.90 Å². The molecule has 2 atom stereocenters. The van der Waals surface area contributed by atoms with E-state index in [1.54, 1.807) is 11.9 Å². The molecule has 5 nitrogen and oxygen atoms in total. The number of carbonyl (C=O) groups is 2. The molecule has 1 aliphatic rings. The highest BCUT2D eigenvalue weighted by atomic mass is 16.2. The molecule has 1 aliphatic carbocycles. The fourth-order valence-corrected chi connectivity index (χ4v) is 3.51. The van der Waals surface area contributed by atoms with Crippen molar-refractivity contribution >= 4 is 22.6 Å². The lowest BCUT2D eigenvalue weighted by Gasteiger charge is -2.30. The molecule has 0 aliphatic heterocycles. The number of benzene rings is 1. The number of ketones is 1. The summed E-state index contributed by atoms with van der Waals surface area (Å²) in [6, 6.07) is 7.89. The van der Waals surface area contributed by atoms with Crippen LogP contribution in [0.3, 0.4) is 0 Å². The molecule has 0 N–H and O–H groups in total. The first-order valence-electron chi connectivity index (χ1n) is 8.44. The number of amides is 1. The van der Waals surface area contributed by atoms with Crippen LogP contribution in [0.4, 0.5) is 0 Å². The summed E-state index contributed by atoms with van der Waals surface area (Å²) >= 11 is 0. The number of para-hydroxylation sites is 1. The molecule has 2 unspecified atom stereocenters. The van der Waals surface area contributed by atoms with Crippen molar-refractivity contribution in [1.29, 1.82) is 0 Å². The molecule has 0 radical (unpaired) electrons. The van der Waals surface area contributed by atoms with Crippen LogP contribution in [0, 0.1) is 18.8 Å². The monoisotopic (exact) mass is 325 g/mol. The number of aromatic nitrogens is 2. The minimum atomic E-state index is -0.0748. The molecule has 0 spiro atoms. The zero-order valence-electron chi connectivity index (χ0n) is 14.5. The molecule has 126 valence electrons.